The van der Waals surface area contributed by atoms with Crippen LogP contribution in [-0.2, 0) is 28.6 Å². The average molecular weight is 765 g/mol. The Kier molecular flexibility index (Phi) is 39.8. The second-order valence-electron chi connectivity index (χ2n) is 16.4. The molecular formula is C48H92O6. The van der Waals surface area contributed by atoms with Crippen molar-refractivity contribution in [2.75, 3.05) is 0 Å². The van der Waals surface area contributed by atoms with Crippen LogP contribution < -0.4 is 0 Å². The van der Waals surface area contributed by atoms with Crippen LogP contribution >= 0.6 is 0 Å². The first-order valence-corrected chi connectivity index (χ1v) is 24.0. The van der Waals surface area contributed by atoms with Crippen molar-refractivity contribution < 1.29 is 28.6 Å². The van der Waals surface area contributed by atoms with Gasteiger partial charge in [0.25, 0.3) is 0 Å². The van der Waals surface area contributed by atoms with Crippen molar-refractivity contribution >= 4 is 17.9 Å². The Hall–Kier alpha value is -1.59. The summed E-state index contributed by atoms with van der Waals surface area (Å²) in [6.07, 6.45) is 39.7. The molecule has 0 saturated carbocycles. The normalized spacial score (nSPS) is 13.1. The summed E-state index contributed by atoms with van der Waals surface area (Å²) >= 11 is 0. The molecule has 0 N–H and O–H groups in total. The van der Waals surface area contributed by atoms with Crippen molar-refractivity contribution in [3.05, 3.63) is 0 Å². The van der Waals surface area contributed by atoms with Gasteiger partial charge < -0.3 is 14.2 Å². The fraction of sp³-hybridized carbons (Fsp3) is 0.938. The number of rotatable bonds is 42. The summed E-state index contributed by atoms with van der Waals surface area (Å²) < 4.78 is 17.8. The number of carbonyl (C=O) groups excluding carboxylic acids is 3. The van der Waals surface area contributed by atoms with E-state index in [1.54, 1.807) is 6.92 Å². The smallest absolute Gasteiger partial charge is 0.306 e. The highest BCUT2D eigenvalue weighted by Crippen LogP contribution is 2.21. The highest BCUT2D eigenvalue weighted by atomic mass is 16.6. The zero-order valence-corrected chi connectivity index (χ0v) is 36.8. The third kappa shape index (κ3) is 34.9. The maximum atomic E-state index is 13.1. The topological polar surface area (TPSA) is 78.9 Å². The van der Waals surface area contributed by atoms with E-state index in [0.717, 1.165) is 57.8 Å². The highest BCUT2D eigenvalue weighted by Gasteiger charge is 2.34. The minimum atomic E-state index is -0.808. The number of hydrogen-bond donors (Lipinski definition) is 0. The van der Waals surface area contributed by atoms with Crippen molar-refractivity contribution in [3.8, 4) is 0 Å². The Balaban J connectivity index is 4.75. The van der Waals surface area contributed by atoms with Crippen LogP contribution in [0.3, 0.4) is 0 Å². The van der Waals surface area contributed by atoms with Gasteiger partial charge >= 0.3 is 17.9 Å². The van der Waals surface area contributed by atoms with Gasteiger partial charge in [-0.1, -0.05) is 220 Å². The van der Waals surface area contributed by atoms with Crippen molar-refractivity contribution in [2.45, 2.75) is 291 Å². The molecule has 0 aliphatic carbocycles. The molecule has 6 nitrogen and oxygen atoms in total. The molecule has 0 aliphatic rings. The van der Waals surface area contributed by atoms with Gasteiger partial charge in [0.15, 0.2) is 6.10 Å². The first kappa shape index (κ1) is 52.4. The largest absolute Gasteiger partial charge is 0.459 e. The molecule has 0 amide bonds. The van der Waals surface area contributed by atoms with E-state index < -0.39 is 18.3 Å². The Labute approximate surface area is 336 Å². The molecule has 0 aromatic carbocycles. The van der Waals surface area contributed by atoms with E-state index in [1.807, 2.05) is 6.92 Å². The molecular weight excluding hydrogens is 673 g/mol. The number of unbranched alkanes of at least 4 members (excludes halogenated alkanes) is 30. The lowest BCUT2D eigenvalue weighted by atomic mass is 10.0. The van der Waals surface area contributed by atoms with Gasteiger partial charge in [-0.05, 0) is 32.6 Å². The molecule has 3 unspecified atom stereocenters. The lowest BCUT2D eigenvalue weighted by molar-refractivity contribution is -0.184. The van der Waals surface area contributed by atoms with Gasteiger partial charge in [0.1, 0.15) is 12.2 Å². The van der Waals surface area contributed by atoms with Crippen LogP contribution in [0.5, 0.6) is 0 Å². The summed E-state index contributed by atoms with van der Waals surface area (Å²) in [7, 11) is 0. The van der Waals surface area contributed by atoms with Crippen molar-refractivity contribution in [1.29, 1.82) is 0 Å². The van der Waals surface area contributed by atoms with E-state index >= 15 is 0 Å². The molecule has 0 bridgehead atoms. The summed E-state index contributed by atoms with van der Waals surface area (Å²) in [5.74, 6) is -0.834. The Morgan fingerprint density at radius 2 is 0.574 bits per heavy atom. The molecule has 0 spiro atoms. The van der Waals surface area contributed by atoms with E-state index in [4.69, 9.17) is 14.2 Å². The SMILES string of the molecule is CCCCCCCCCCCCCC(=O)OC(C)C(OC(=O)CCCCCCCCCCCCC)C(CC)OC(=O)CCCCCCCCCCCCC. The Bertz CT molecular complexity index is 828. The third-order valence-corrected chi connectivity index (χ3v) is 11.1. The van der Waals surface area contributed by atoms with Gasteiger partial charge in [-0.3, -0.25) is 14.4 Å². The molecule has 0 rings (SSSR count). The Morgan fingerprint density at radius 3 is 0.852 bits per heavy atom. The predicted octanol–water partition coefficient (Wildman–Crippen LogP) is 15.3. The van der Waals surface area contributed by atoms with Gasteiger partial charge in [0, 0.05) is 19.3 Å². The quantitative estimate of drug-likeness (QED) is 0.0350. The molecule has 0 aliphatic heterocycles. The van der Waals surface area contributed by atoms with Gasteiger partial charge in [-0.25, -0.2) is 0 Å². The van der Waals surface area contributed by atoms with Crippen molar-refractivity contribution in [2.24, 2.45) is 0 Å². The summed E-state index contributed by atoms with van der Waals surface area (Å²) in [6, 6.07) is 0. The van der Waals surface area contributed by atoms with Crippen LogP contribution in [-0.4, -0.2) is 36.2 Å². The minimum absolute atomic E-state index is 0.260. The molecule has 0 aromatic rings. The van der Waals surface area contributed by atoms with Crippen LogP contribution in [0.15, 0.2) is 0 Å². The van der Waals surface area contributed by atoms with Crippen molar-refractivity contribution in [3.63, 3.8) is 0 Å². The average Bonchev–Trinajstić information content (AvgIpc) is 3.16. The Morgan fingerprint density at radius 1 is 0.333 bits per heavy atom. The summed E-state index contributed by atoms with van der Waals surface area (Å²) in [5.41, 5.74) is 0. The van der Waals surface area contributed by atoms with Crippen LogP contribution in [0.25, 0.3) is 0 Å². The molecule has 54 heavy (non-hydrogen) atoms. The van der Waals surface area contributed by atoms with Crippen LogP contribution in [0.1, 0.15) is 272 Å². The van der Waals surface area contributed by atoms with E-state index in [2.05, 4.69) is 20.8 Å². The lowest BCUT2D eigenvalue weighted by Gasteiger charge is -2.30. The number of esters is 3. The van der Waals surface area contributed by atoms with Crippen LogP contribution in [0.4, 0.5) is 0 Å². The standard InChI is InChI=1S/C48H92O6/c1-6-10-13-16-19-22-25-28-31-34-37-40-45(49)52-43(5)48(54-47(51)42-39-36-33-30-27-24-21-18-15-12-8-3)44(9-4)53-46(50)41-38-35-32-29-26-23-20-17-14-11-7-2/h43-44,48H,6-42H2,1-5H3. The monoisotopic (exact) mass is 765 g/mol. The molecule has 3 atom stereocenters. The molecule has 0 aromatic heterocycles. The first-order valence-electron chi connectivity index (χ1n) is 24.0. The second-order valence-corrected chi connectivity index (χ2v) is 16.4. The molecule has 0 heterocycles. The first-order chi connectivity index (χ1) is 26.4. The lowest BCUT2D eigenvalue weighted by Crippen LogP contribution is -2.44. The summed E-state index contributed by atoms with van der Waals surface area (Å²) in [5, 5.41) is 0. The molecule has 320 valence electrons. The minimum Gasteiger partial charge on any atom is -0.459 e. The maximum Gasteiger partial charge on any atom is 0.306 e. The van der Waals surface area contributed by atoms with E-state index in [-0.39, 0.29) is 17.9 Å². The van der Waals surface area contributed by atoms with E-state index in [0.29, 0.717) is 25.7 Å². The van der Waals surface area contributed by atoms with Gasteiger partial charge in [0.05, 0.1) is 0 Å². The maximum absolute atomic E-state index is 13.1. The molecule has 0 fully saturated rings. The summed E-state index contributed by atoms with van der Waals surface area (Å²) in [6.45, 7) is 10.5. The van der Waals surface area contributed by atoms with Crippen LogP contribution in [0.2, 0.25) is 0 Å². The predicted molar refractivity (Wildman–Crippen MR) is 229 cm³/mol. The fourth-order valence-corrected chi connectivity index (χ4v) is 7.43. The molecule has 0 saturated heterocycles. The van der Waals surface area contributed by atoms with Crippen molar-refractivity contribution in [1.82, 2.24) is 0 Å². The zero-order valence-electron chi connectivity index (χ0n) is 36.8. The van der Waals surface area contributed by atoms with Crippen LogP contribution in [0, 0.1) is 0 Å². The zero-order chi connectivity index (χ0) is 39.7. The van der Waals surface area contributed by atoms with Gasteiger partial charge in [0.2, 0.25) is 0 Å². The van der Waals surface area contributed by atoms with Gasteiger partial charge in [-0.2, -0.15) is 0 Å². The molecule has 0 radical (unpaired) electrons. The summed E-state index contributed by atoms with van der Waals surface area (Å²) in [4.78, 5) is 38.9. The number of ether oxygens (including phenoxy) is 3. The highest BCUT2D eigenvalue weighted by molar-refractivity contribution is 5.71. The van der Waals surface area contributed by atoms with Gasteiger partial charge in [-0.15, -0.1) is 0 Å². The number of hydrogen-bond acceptors (Lipinski definition) is 6. The second kappa shape index (κ2) is 41.1. The van der Waals surface area contributed by atoms with E-state index in [9.17, 15) is 14.4 Å². The molecule has 6 heteroatoms. The fourth-order valence-electron chi connectivity index (χ4n) is 7.43. The number of carbonyl (C=O) groups is 3. The van der Waals surface area contributed by atoms with E-state index in [1.165, 1.54) is 154 Å². The third-order valence-electron chi connectivity index (χ3n) is 11.1.